The normalized spacial score (nSPS) is 8.15. The number of carboxylic acid groups (broad SMARTS) is 1. The van der Waals surface area contributed by atoms with Gasteiger partial charge >= 0.3 is 5.97 Å². The van der Waals surface area contributed by atoms with Crippen LogP contribution in [-0.4, -0.2) is 11.1 Å². The summed E-state index contributed by atoms with van der Waals surface area (Å²) >= 11 is 2.12. The zero-order valence-electron chi connectivity index (χ0n) is 6.78. The smallest absolute Gasteiger partial charge is 0.335 e. The van der Waals surface area contributed by atoms with Crippen LogP contribution in [0.4, 0.5) is 0 Å². The quantitative estimate of drug-likeness (QED) is 0.801. The number of rotatable bonds is 1. The van der Waals surface area contributed by atoms with Crippen LogP contribution in [0.2, 0.25) is 0 Å². The lowest BCUT2D eigenvalue weighted by atomic mass is 10.1. The van der Waals surface area contributed by atoms with Crippen molar-refractivity contribution in [2.24, 2.45) is 0 Å². The molecule has 0 unspecified atom stereocenters. The Morgan fingerprint density at radius 1 is 1.38 bits per heavy atom. The van der Waals surface area contributed by atoms with Crippen LogP contribution in [0.1, 0.15) is 15.9 Å². The molecular formula is C8H9Cl2IO2. The van der Waals surface area contributed by atoms with Gasteiger partial charge < -0.3 is 5.11 Å². The van der Waals surface area contributed by atoms with Gasteiger partial charge in [0, 0.05) is 3.57 Å². The van der Waals surface area contributed by atoms with Crippen LogP contribution in [0.15, 0.2) is 18.2 Å². The summed E-state index contributed by atoms with van der Waals surface area (Å²) < 4.78 is 0.988. The van der Waals surface area contributed by atoms with Gasteiger partial charge in [0.05, 0.1) is 5.56 Å². The van der Waals surface area contributed by atoms with Crippen molar-refractivity contribution in [2.45, 2.75) is 6.92 Å². The van der Waals surface area contributed by atoms with Crippen LogP contribution in [0.5, 0.6) is 0 Å². The molecule has 0 aliphatic heterocycles. The summed E-state index contributed by atoms with van der Waals surface area (Å²) in [5, 5.41) is 8.69. The van der Waals surface area contributed by atoms with E-state index in [9.17, 15) is 4.79 Å². The lowest BCUT2D eigenvalue weighted by Gasteiger charge is -2.00. The molecule has 0 radical (unpaired) electrons. The third kappa shape index (κ3) is 3.70. The highest BCUT2D eigenvalue weighted by Gasteiger charge is 2.07. The van der Waals surface area contributed by atoms with Crippen LogP contribution >= 0.6 is 47.4 Å². The summed E-state index contributed by atoms with van der Waals surface area (Å²) in [5.74, 6) is -0.860. The fourth-order valence-corrected chi connectivity index (χ4v) is 1.34. The molecule has 1 N–H and O–H groups in total. The first kappa shape index (κ1) is 15.5. The Balaban J connectivity index is 0. The second-order valence-corrected chi connectivity index (χ2v) is 3.38. The molecule has 0 aromatic heterocycles. The molecule has 0 spiro atoms. The maximum absolute atomic E-state index is 10.6. The van der Waals surface area contributed by atoms with Crippen molar-refractivity contribution in [1.29, 1.82) is 0 Å². The minimum Gasteiger partial charge on any atom is -0.478 e. The molecule has 2 nitrogen and oxygen atoms in total. The first-order valence-corrected chi connectivity index (χ1v) is 4.19. The third-order valence-corrected chi connectivity index (χ3v) is 2.67. The standard InChI is InChI=1S/C8H7IO2.2ClH/c1-5-6(8(10)11)3-2-4-7(5)9;;/h2-4H,1H3,(H,10,11);2*1H. The third-order valence-electron chi connectivity index (χ3n) is 1.50. The van der Waals surface area contributed by atoms with Crippen molar-refractivity contribution in [1.82, 2.24) is 0 Å². The summed E-state index contributed by atoms with van der Waals surface area (Å²) in [6.07, 6.45) is 0. The molecular weight excluding hydrogens is 326 g/mol. The van der Waals surface area contributed by atoms with Crippen LogP contribution < -0.4 is 0 Å². The van der Waals surface area contributed by atoms with Crippen molar-refractivity contribution >= 4 is 53.4 Å². The number of hydrogen-bond acceptors (Lipinski definition) is 1. The van der Waals surface area contributed by atoms with E-state index in [4.69, 9.17) is 5.11 Å². The van der Waals surface area contributed by atoms with Gasteiger partial charge in [-0.25, -0.2) is 4.79 Å². The maximum atomic E-state index is 10.6. The Bertz CT molecular complexity index is 302. The average molecular weight is 335 g/mol. The summed E-state index contributed by atoms with van der Waals surface area (Å²) in [5.41, 5.74) is 1.22. The number of carboxylic acids is 1. The van der Waals surface area contributed by atoms with E-state index in [2.05, 4.69) is 22.6 Å². The van der Waals surface area contributed by atoms with Crippen molar-refractivity contribution in [3.63, 3.8) is 0 Å². The predicted molar refractivity (Wildman–Crippen MR) is 65.4 cm³/mol. The molecule has 1 rings (SSSR count). The summed E-state index contributed by atoms with van der Waals surface area (Å²) in [6, 6.07) is 5.25. The van der Waals surface area contributed by atoms with Gasteiger partial charge in [0.15, 0.2) is 0 Å². The van der Waals surface area contributed by atoms with E-state index in [-0.39, 0.29) is 24.8 Å². The molecule has 1 aromatic carbocycles. The fourth-order valence-electron chi connectivity index (χ4n) is 0.839. The van der Waals surface area contributed by atoms with E-state index >= 15 is 0 Å². The molecule has 0 aliphatic carbocycles. The number of aromatic carboxylic acids is 1. The Kier molecular flexibility index (Phi) is 7.68. The van der Waals surface area contributed by atoms with Crippen molar-refractivity contribution in [2.75, 3.05) is 0 Å². The number of benzene rings is 1. The van der Waals surface area contributed by atoms with Gasteiger partial charge in [0.25, 0.3) is 0 Å². The van der Waals surface area contributed by atoms with Crippen LogP contribution in [0.3, 0.4) is 0 Å². The molecule has 0 amide bonds. The first-order valence-electron chi connectivity index (χ1n) is 3.11. The SMILES string of the molecule is Cc1c(I)cccc1C(=O)O.Cl.Cl. The van der Waals surface area contributed by atoms with Crippen molar-refractivity contribution in [3.8, 4) is 0 Å². The van der Waals surface area contributed by atoms with E-state index in [0.29, 0.717) is 5.56 Å². The van der Waals surface area contributed by atoms with Gasteiger partial charge in [-0.3, -0.25) is 0 Å². The highest BCUT2D eigenvalue weighted by atomic mass is 127. The molecule has 1 aromatic rings. The minimum absolute atomic E-state index is 0. The van der Waals surface area contributed by atoms with E-state index < -0.39 is 5.97 Å². The number of hydrogen-bond donors (Lipinski definition) is 1. The van der Waals surface area contributed by atoms with Crippen LogP contribution in [0.25, 0.3) is 0 Å². The first-order chi connectivity index (χ1) is 5.13. The van der Waals surface area contributed by atoms with E-state index in [1.54, 1.807) is 12.1 Å². The van der Waals surface area contributed by atoms with Gasteiger partial charge in [0.1, 0.15) is 0 Å². The van der Waals surface area contributed by atoms with Gasteiger partial charge in [-0.15, -0.1) is 24.8 Å². The van der Waals surface area contributed by atoms with Gasteiger partial charge in [-0.05, 0) is 47.2 Å². The minimum atomic E-state index is -0.860. The fraction of sp³-hybridized carbons (Fsp3) is 0.125. The van der Waals surface area contributed by atoms with E-state index in [0.717, 1.165) is 9.13 Å². The molecule has 0 bridgehead atoms. The highest BCUT2D eigenvalue weighted by molar-refractivity contribution is 14.1. The second-order valence-electron chi connectivity index (χ2n) is 2.22. The zero-order valence-corrected chi connectivity index (χ0v) is 10.6. The number of carbonyl (C=O) groups is 1. The van der Waals surface area contributed by atoms with E-state index in [1.165, 1.54) is 0 Å². The summed E-state index contributed by atoms with van der Waals surface area (Å²) in [6.45, 7) is 1.81. The lowest BCUT2D eigenvalue weighted by molar-refractivity contribution is 0.0696. The molecule has 74 valence electrons. The Morgan fingerprint density at radius 3 is 2.31 bits per heavy atom. The van der Waals surface area contributed by atoms with Crippen molar-refractivity contribution in [3.05, 3.63) is 32.9 Å². The monoisotopic (exact) mass is 334 g/mol. The highest BCUT2D eigenvalue weighted by Crippen LogP contribution is 2.15. The molecule has 0 saturated heterocycles. The molecule has 0 atom stereocenters. The molecule has 13 heavy (non-hydrogen) atoms. The topological polar surface area (TPSA) is 37.3 Å². The van der Waals surface area contributed by atoms with Gasteiger partial charge in [-0.2, -0.15) is 0 Å². The average Bonchev–Trinajstić information content (AvgIpc) is 1.94. The van der Waals surface area contributed by atoms with Gasteiger partial charge in [-0.1, -0.05) is 6.07 Å². The summed E-state index contributed by atoms with van der Waals surface area (Å²) in [7, 11) is 0. The van der Waals surface area contributed by atoms with Crippen LogP contribution in [0, 0.1) is 10.5 Å². The second kappa shape index (κ2) is 6.45. The zero-order chi connectivity index (χ0) is 8.43. The molecule has 0 aliphatic rings. The molecule has 5 heteroatoms. The molecule has 0 heterocycles. The Hall–Kier alpha value is -0.000000000000000111. The lowest BCUT2D eigenvalue weighted by Crippen LogP contribution is -2.00. The van der Waals surface area contributed by atoms with Crippen molar-refractivity contribution < 1.29 is 9.90 Å². The largest absolute Gasteiger partial charge is 0.478 e. The van der Waals surface area contributed by atoms with E-state index in [1.807, 2.05) is 13.0 Å². The molecule has 0 fully saturated rings. The Labute approximate surface area is 103 Å². The van der Waals surface area contributed by atoms with Crippen LogP contribution in [-0.2, 0) is 0 Å². The Morgan fingerprint density at radius 2 is 1.92 bits per heavy atom. The maximum Gasteiger partial charge on any atom is 0.335 e. The predicted octanol–water partition coefficient (Wildman–Crippen LogP) is 3.14. The molecule has 0 saturated carbocycles. The number of halogens is 3. The van der Waals surface area contributed by atoms with Gasteiger partial charge in [0.2, 0.25) is 0 Å². The summed E-state index contributed by atoms with van der Waals surface area (Å²) in [4.78, 5) is 10.6.